The lowest BCUT2D eigenvalue weighted by Gasteiger charge is -2.26. The van der Waals surface area contributed by atoms with Gasteiger partial charge in [0.15, 0.2) is 9.76 Å². The Balaban J connectivity index is 2.48. The molecule has 0 radical (unpaired) electrons. The Kier molecular flexibility index (Phi) is 4.28. The van der Waals surface area contributed by atoms with E-state index in [-0.39, 0.29) is 0 Å². The zero-order valence-corrected chi connectivity index (χ0v) is 10.2. The second kappa shape index (κ2) is 5.26. The van der Waals surface area contributed by atoms with Gasteiger partial charge in [-0.3, -0.25) is 0 Å². The first kappa shape index (κ1) is 11.4. The highest BCUT2D eigenvalue weighted by atomic mass is 28.2. The van der Waals surface area contributed by atoms with Gasteiger partial charge in [0.25, 0.3) is 5.97 Å². The maximum atomic E-state index is 5.61. The third-order valence-corrected chi connectivity index (χ3v) is 3.56. The van der Waals surface area contributed by atoms with Gasteiger partial charge < -0.3 is 13.9 Å². The van der Waals surface area contributed by atoms with Crippen LogP contribution in [0, 0.1) is 0 Å². The molecule has 0 bridgehead atoms. The molecule has 0 spiro atoms. The lowest BCUT2D eigenvalue weighted by atomic mass is 10.4. The minimum Gasteiger partial charge on any atom is -0.371 e. The van der Waals surface area contributed by atoms with Crippen LogP contribution in [0.1, 0.15) is 6.92 Å². The van der Waals surface area contributed by atoms with Crippen molar-refractivity contribution in [2.45, 2.75) is 12.9 Å². The smallest absolute Gasteiger partial charge is 0.269 e. The minimum absolute atomic E-state index is 0.788. The molecular weight excluding hydrogens is 196 g/mol. The quantitative estimate of drug-likeness (QED) is 0.521. The van der Waals surface area contributed by atoms with Crippen LogP contribution in [0.3, 0.4) is 0 Å². The fourth-order valence-electron chi connectivity index (χ4n) is 0.990. The van der Waals surface area contributed by atoms with Crippen LogP contribution in [0.4, 0.5) is 0 Å². The summed E-state index contributed by atoms with van der Waals surface area (Å²) < 4.78 is 15.8. The first-order valence-electron chi connectivity index (χ1n) is 4.48. The number of benzene rings is 1. The van der Waals surface area contributed by atoms with Crippen LogP contribution in [0.25, 0.3) is 0 Å². The number of hydrogen-bond donors (Lipinski definition) is 0. The lowest BCUT2D eigenvalue weighted by Crippen LogP contribution is -2.37. The molecule has 0 amide bonds. The van der Waals surface area contributed by atoms with Gasteiger partial charge in [0.2, 0.25) is 0 Å². The average molecular weight is 212 g/mol. The van der Waals surface area contributed by atoms with Crippen LogP contribution < -0.4 is 5.19 Å². The average Bonchev–Trinajstić information content (AvgIpc) is 2.27. The number of ether oxygens (including phenoxy) is 2. The maximum Gasteiger partial charge on any atom is 0.269 e. The van der Waals surface area contributed by atoms with Crippen molar-refractivity contribution in [1.29, 1.82) is 0 Å². The van der Waals surface area contributed by atoms with Crippen molar-refractivity contribution in [3.63, 3.8) is 0 Å². The summed E-state index contributed by atoms with van der Waals surface area (Å²) in [6.07, 6.45) is 0. The molecule has 3 nitrogen and oxygen atoms in total. The number of rotatable bonds is 5. The van der Waals surface area contributed by atoms with Gasteiger partial charge in [-0.25, -0.2) is 0 Å². The first-order chi connectivity index (χ1) is 6.70. The van der Waals surface area contributed by atoms with Crippen molar-refractivity contribution in [3.05, 3.63) is 30.3 Å². The van der Waals surface area contributed by atoms with E-state index in [1.165, 1.54) is 5.19 Å². The monoisotopic (exact) mass is 212 g/mol. The molecule has 0 aliphatic carbocycles. The fraction of sp³-hybridized carbons (Fsp3) is 0.400. The van der Waals surface area contributed by atoms with E-state index in [0.717, 1.165) is 0 Å². The van der Waals surface area contributed by atoms with Gasteiger partial charge >= 0.3 is 0 Å². The van der Waals surface area contributed by atoms with Gasteiger partial charge in [0, 0.05) is 21.1 Å². The Labute approximate surface area is 86.9 Å². The van der Waals surface area contributed by atoms with E-state index in [0.29, 0.717) is 0 Å². The van der Waals surface area contributed by atoms with Gasteiger partial charge in [0.05, 0.1) is 0 Å². The summed E-state index contributed by atoms with van der Waals surface area (Å²) in [7, 11) is 2.36. The number of hydrogen-bond acceptors (Lipinski definition) is 3. The second-order valence-corrected chi connectivity index (χ2v) is 4.44. The zero-order chi connectivity index (χ0) is 10.4. The predicted molar refractivity (Wildman–Crippen MR) is 58.1 cm³/mol. The van der Waals surface area contributed by atoms with E-state index in [1.54, 1.807) is 21.1 Å². The molecule has 78 valence electrons. The summed E-state index contributed by atoms with van der Waals surface area (Å²) in [5.74, 6) is -0.901. The molecule has 0 atom stereocenters. The topological polar surface area (TPSA) is 27.7 Å². The summed E-state index contributed by atoms with van der Waals surface area (Å²) >= 11 is 0. The van der Waals surface area contributed by atoms with Gasteiger partial charge in [-0.05, 0) is 5.19 Å². The molecule has 0 aliphatic rings. The Morgan fingerprint density at radius 2 is 1.64 bits per heavy atom. The molecule has 0 aliphatic heterocycles. The van der Waals surface area contributed by atoms with Gasteiger partial charge in [-0.1, -0.05) is 30.3 Å². The molecular formula is C10H16O3Si. The molecule has 0 saturated heterocycles. The first-order valence-corrected chi connectivity index (χ1v) is 5.77. The maximum absolute atomic E-state index is 5.61. The van der Waals surface area contributed by atoms with Gasteiger partial charge in [-0.15, -0.1) is 0 Å². The van der Waals surface area contributed by atoms with E-state index in [9.17, 15) is 0 Å². The van der Waals surface area contributed by atoms with Crippen LogP contribution in [0.15, 0.2) is 30.3 Å². The lowest BCUT2D eigenvalue weighted by molar-refractivity contribution is -0.310. The Morgan fingerprint density at radius 1 is 1.07 bits per heavy atom. The van der Waals surface area contributed by atoms with E-state index >= 15 is 0 Å². The zero-order valence-electron chi connectivity index (χ0n) is 8.82. The van der Waals surface area contributed by atoms with Crippen LogP contribution in [-0.2, 0) is 13.9 Å². The molecule has 0 N–H and O–H groups in total. The molecule has 1 aromatic rings. The summed E-state index contributed by atoms with van der Waals surface area (Å²) in [4.78, 5) is 0. The van der Waals surface area contributed by atoms with Crippen LogP contribution in [0.2, 0.25) is 0 Å². The highest BCUT2D eigenvalue weighted by Gasteiger charge is 2.22. The normalized spacial score (nSPS) is 12.5. The van der Waals surface area contributed by atoms with E-state index < -0.39 is 15.7 Å². The molecule has 4 heteroatoms. The Bertz CT molecular complexity index is 259. The highest BCUT2D eigenvalue weighted by molar-refractivity contribution is 6.46. The Morgan fingerprint density at radius 3 is 2.14 bits per heavy atom. The van der Waals surface area contributed by atoms with Gasteiger partial charge in [-0.2, -0.15) is 0 Å². The molecule has 0 unspecified atom stereocenters. The third kappa shape index (κ3) is 3.23. The largest absolute Gasteiger partial charge is 0.371 e. The van der Waals surface area contributed by atoms with Crippen molar-refractivity contribution < 1.29 is 13.9 Å². The predicted octanol–water partition coefficient (Wildman–Crippen LogP) is 0.379. The summed E-state index contributed by atoms with van der Waals surface area (Å²) in [5.41, 5.74) is 0. The van der Waals surface area contributed by atoms with Crippen molar-refractivity contribution >= 4 is 14.9 Å². The number of methoxy groups -OCH3 is 2. The summed E-state index contributed by atoms with van der Waals surface area (Å²) in [6.45, 7) is 1.77. The van der Waals surface area contributed by atoms with Crippen molar-refractivity contribution in [3.8, 4) is 0 Å². The highest BCUT2D eigenvalue weighted by Crippen LogP contribution is 2.09. The molecule has 0 fully saturated rings. The fourth-order valence-corrected chi connectivity index (χ4v) is 2.12. The van der Waals surface area contributed by atoms with E-state index in [2.05, 4.69) is 12.1 Å². The van der Waals surface area contributed by atoms with Crippen LogP contribution >= 0.6 is 0 Å². The molecule has 0 heterocycles. The van der Waals surface area contributed by atoms with E-state index in [4.69, 9.17) is 13.9 Å². The SMILES string of the molecule is COC(C)(OC)O[SiH2]c1ccccc1. The van der Waals surface area contributed by atoms with Crippen LogP contribution in [0.5, 0.6) is 0 Å². The summed E-state index contributed by atoms with van der Waals surface area (Å²) in [6, 6.07) is 10.1. The van der Waals surface area contributed by atoms with Crippen molar-refractivity contribution in [2.24, 2.45) is 0 Å². The standard InChI is InChI=1S/C10H16O3Si/c1-10(11-2,12-3)13-14-9-7-5-4-6-8-9/h4-8H,14H2,1-3H3. The van der Waals surface area contributed by atoms with Crippen molar-refractivity contribution in [2.75, 3.05) is 14.2 Å². The van der Waals surface area contributed by atoms with Crippen LogP contribution in [-0.4, -0.2) is 30.0 Å². The third-order valence-electron chi connectivity index (χ3n) is 2.09. The molecule has 0 aromatic heterocycles. The molecule has 1 rings (SSSR count). The summed E-state index contributed by atoms with van der Waals surface area (Å²) in [5, 5.41) is 1.23. The molecule has 0 saturated carbocycles. The van der Waals surface area contributed by atoms with Crippen molar-refractivity contribution in [1.82, 2.24) is 0 Å². The van der Waals surface area contributed by atoms with Gasteiger partial charge in [0.1, 0.15) is 0 Å². The molecule has 1 aromatic carbocycles. The molecule has 14 heavy (non-hydrogen) atoms. The van der Waals surface area contributed by atoms with E-state index in [1.807, 2.05) is 18.2 Å². The Hall–Kier alpha value is -0.683. The second-order valence-electron chi connectivity index (χ2n) is 3.04. The minimum atomic E-state index is -0.901.